The van der Waals surface area contributed by atoms with Crippen LogP contribution in [0.3, 0.4) is 0 Å². The molecule has 2 aromatic carbocycles. The molecular weight excluding hydrogens is 456 g/mol. The van der Waals surface area contributed by atoms with Gasteiger partial charge in [-0.3, -0.25) is 9.36 Å². The van der Waals surface area contributed by atoms with Crippen molar-refractivity contribution in [2.45, 2.75) is 13.5 Å². The van der Waals surface area contributed by atoms with Crippen molar-refractivity contribution in [3.8, 4) is 28.6 Å². The van der Waals surface area contributed by atoms with Gasteiger partial charge in [-0.25, -0.2) is 9.36 Å². The maximum absolute atomic E-state index is 13.4. The van der Waals surface area contributed by atoms with Crippen LogP contribution >= 0.6 is 11.3 Å². The van der Waals surface area contributed by atoms with Gasteiger partial charge in [-0.1, -0.05) is 23.4 Å². The van der Waals surface area contributed by atoms with E-state index in [1.807, 2.05) is 13.0 Å². The Labute approximate surface area is 197 Å². The highest BCUT2D eigenvalue weighted by molar-refractivity contribution is 7.17. The van der Waals surface area contributed by atoms with Gasteiger partial charge in [-0.15, -0.1) is 11.3 Å². The standard InChI is InChI=1S/C24H20N4O5S/c1-3-32-18-10-9-15(13-19(18)31-2)22-25-20(33-26-22)14-27-17-11-12-34-21(17)23(29)28(24(27)30)16-7-5-4-6-8-16/h4-13H,3,14H2,1-2H3. The summed E-state index contributed by atoms with van der Waals surface area (Å²) < 4.78 is 19.5. The summed E-state index contributed by atoms with van der Waals surface area (Å²) in [5.74, 6) is 1.75. The number of para-hydroxylation sites is 1. The summed E-state index contributed by atoms with van der Waals surface area (Å²) in [6.45, 7) is 2.42. The number of methoxy groups -OCH3 is 1. The molecule has 0 atom stereocenters. The summed E-state index contributed by atoms with van der Waals surface area (Å²) in [7, 11) is 1.56. The molecule has 0 bridgehead atoms. The van der Waals surface area contributed by atoms with Crippen LogP contribution < -0.4 is 20.7 Å². The minimum Gasteiger partial charge on any atom is -0.493 e. The molecule has 34 heavy (non-hydrogen) atoms. The van der Waals surface area contributed by atoms with Crippen LogP contribution in [0.2, 0.25) is 0 Å². The molecule has 0 spiro atoms. The van der Waals surface area contributed by atoms with Gasteiger partial charge in [-0.05, 0) is 48.7 Å². The largest absolute Gasteiger partial charge is 0.493 e. The number of hydrogen-bond acceptors (Lipinski definition) is 8. The Kier molecular flexibility index (Phi) is 5.72. The summed E-state index contributed by atoms with van der Waals surface area (Å²) in [5.41, 5.74) is 0.858. The Morgan fingerprint density at radius 3 is 2.65 bits per heavy atom. The Hall–Kier alpha value is -4.18. The van der Waals surface area contributed by atoms with Gasteiger partial charge in [0.1, 0.15) is 11.2 Å². The summed E-state index contributed by atoms with van der Waals surface area (Å²) in [5, 5.41) is 5.85. The van der Waals surface area contributed by atoms with Crippen LogP contribution in [-0.4, -0.2) is 33.0 Å². The Bertz CT molecular complexity index is 1580. The van der Waals surface area contributed by atoms with Crippen molar-refractivity contribution in [1.29, 1.82) is 0 Å². The first-order valence-corrected chi connectivity index (χ1v) is 11.4. The molecule has 0 radical (unpaired) electrons. The molecule has 5 rings (SSSR count). The number of fused-ring (bicyclic) bond motifs is 1. The second-order valence-electron chi connectivity index (χ2n) is 7.29. The van der Waals surface area contributed by atoms with E-state index in [-0.39, 0.29) is 18.0 Å². The predicted molar refractivity (Wildman–Crippen MR) is 128 cm³/mol. The Morgan fingerprint density at radius 2 is 1.88 bits per heavy atom. The molecule has 10 heteroatoms. The highest BCUT2D eigenvalue weighted by atomic mass is 32.1. The van der Waals surface area contributed by atoms with Crippen LogP contribution in [0.5, 0.6) is 11.5 Å². The molecule has 0 saturated carbocycles. The third kappa shape index (κ3) is 3.77. The molecule has 0 aliphatic heterocycles. The summed E-state index contributed by atoms with van der Waals surface area (Å²) in [6.07, 6.45) is 0. The second-order valence-corrected chi connectivity index (χ2v) is 8.21. The lowest BCUT2D eigenvalue weighted by atomic mass is 10.2. The summed E-state index contributed by atoms with van der Waals surface area (Å²) in [4.78, 5) is 30.9. The second kappa shape index (κ2) is 8.99. The summed E-state index contributed by atoms with van der Waals surface area (Å²) >= 11 is 1.28. The van der Waals surface area contributed by atoms with Crippen molar-refractivity contribution in [2.75, 3.05) is 13.7 Å². The van der Waals surface area contributed by atoms with Gasteiger partial charge in [-0.2, -0.15) is 4.98 Å². The number of rotatable bonds is 7. The SMILES string of the molecule is CCOc1ccc(-c2noc(Cn3c(=O)n(-c4ccccc4)c(=O)c4sccc43)n2)cc1OC. The Balaban J connectivity index is 1.55. The zero-order chi connectivity index (χ0) is 23.7. The molecule has 0 amide bonds. The van der Waals surface area contributed by atoms with Gasteiger partial charge in [0.2, 0.25) is 11.7 Å². The summed E-state index contributed by atoms with van der Waals surface area (Å²) in [6, 6.07) is 15.9. The molecule has 3 heterocycles. The number of aromatic nitrogens is 4. The van der Waals surface area contributed by atoms with E-state index in [0.29, 0.717) is 45.4 Å². The molecule has 5 aromatic rings. The van der Waals surface area contributed by atoms with E-state index in [0.717, 1.165) is 4.57 Å². The third-order valence-corrected chi connectivity index (χ3v) is 6.14. The van der Waals surface area contributed by atoms with E-state index < -0.39 is 5.69 Å². The van der Waals surface area contributed by atoms with E-state index in [1.54, 1.807) is 61.0 Å². The first-order chi connectivity index (χ1) is 16.6. The smallest absolute Gasteiger partial charge is 0.336 e. The van der Waals surface area contributed by atoms with Gasteiger partial charge >= 0.3 is 5.69 Å². The lowest BCUT2D eigenvalue weighted by Gasteiger charge is -2.10. The number of ether oxygens (including phenoxy) is 2. The van der Waals surface area contributed by atoms with Gasteiger partial charge in [0.25, 0.3) is 5.56 Å². The van der Waals surface area contributed by atoms with Crippen LogP contribution in [0.1, 0.15) is 12.8 Å². The quantitative estimate of drug-likeness (QED) is 0.353. The van der Waals surface area contributed by atoms with Crippen molar-refractivity contribution in [3.05, 3.63) is 86.7 Å². The first-order valence-electron chi connectivity index (χ1n) is 10.5. The molecule has 0 unspecified atom stereocenters. The van der Waals surface area contributed by atoms with Crippen LogP contribution in [0, 0.1) is 0 Å². The fourth-order valence-corrected chi connectivity index (χ4v) is 4.52. The fraction of sp³-hybridized carbons (Fsp3) is 0.167. The molecule has 9 nitrogen and oxygen atoms in total. The maximum Gasteiger partial charge on any atom is 0.336 e. The molecular formula is C24H20N4O5S. The van der Waals surface area contributed by atoms with Crippen LogP contribution in [0.4, 0.5) is 0 Å². The molecule has 172 valence electrons. The number of benzene rings is 2. The Morgan fingerprint density at radius 1 is 1.06 bits per heavy atom. The van der Waals surface area contributed by atoms with Gasteiger partial charge in [0.05, 0.1) is 24.9 Å². The van der Waals surface area contributed by atoms with Crippen LogP contribution in [0.15, 0.2) is 74.1 Å². The van der Waals surface area contributed by atoms with E-state index in [1.165, 1.54) is 15.9 Å². The zero-order valence-electron chi connectivity index (χ0n) is 18.4. The van der Waals surface area contributed by atoms with Gasteiger partial charge < -0.3 is 14.0 Å². The topological polar surface area (TPSA) is 101 Å². The molecule has 0 saturated heterocycles. The molecule has 3 aromatic heterocycles. The average molecular weight is 477 g/mol. The number of hydrogen-bond donors (Lipinski definition) is 0. The highest BCUT2D eigenvalue weighted by Gasteiger charge is 2.19. The third-order valence-electron chi connectivity index (χ3n) is 5.25. The van der Waals surface area contributed by atoms with Crippen molar-refractivity contribution < 1.29 is 14.0 Å². The fourth-order valence-electron chi connectivity index (χ4n) is 3.70. The van der Waals surface area contributed by atoms with Gasteiger partial charge in [0.15, 0.2) is 11.5 Å². The first kappa shape index (κ1) is 21.7. The van der Waals surface area contributed by atoms with Crippen molar-refractivity contribution in [1.82, 2.24) is 19.3 Å². The molecule has 0 aliphatic rings. The van der Waals surface area contributed by atoms with Crippen molar-refractivity contribution in [3.63, 3.8) is 0 Å². The minimum absolute atomic E-state index is 0.0142. The van der Waals surface area contributed by atoms with Crippen molar-refractivity contribution in [2.24, 2.45) is 0 Å². The van der Waals surface area contributed by atoms with E-state index in [4.69, 9.17) is 14.0 Å². The lowest BCUT2D eigenvalue weighted by Crippen LogP contribution is -2.38. The highest BCUT2D eigenvalue weighted by Crippen LogP contribution is 2.31. The lowest BCUT2D eigenvalue weighted by molar-refractivity contribution is 0.311. The average Bonchev–Trinajstić information content (AvgIpc) is 3.53. The van der Waals surface area contributed by atoms with Gasteiger partial charge in [0, 0.05) is 5.56 Å². The van der Waals surface area contributed by atoms with E-state index in [9.17, 15) is 9.59 Å². The van der Waals surface area contributed by atoms with Crippen LogP contribution in [0.25, 0.3) is 27.3 Å². The maximum atomic E-state index is 13.4. The van der Waals surface area contributed by atoms with Crippen molar-refractivity contribution >= 4 is 21.6 Å². The van der Waals surface area contributed by atoms with E-state index >= 15 is 0 Å². The zero-order valence-corrected chi connectivity index (χ0v) is 19.2. The van der Waals surface area contributed by atoms with E-state index in [2.05, 4.69) is 10.1 Å². The molecule has 0 aliphatic carbocycles. The normalized spacial score (nSPS) is 11.1. The predicted octanol–water partition coefficient (Wildman–Crippen LogP) is 3.72. The molecule has 0 fully saturated rings. The van der Waals surface area contributed by atoms with Crippen LogP contribution in [-0.2, 0) is 6.54 Å². The number of nitrogens with zero attached hydrogens (tertiary/aromatic N) is 4. The molecule has 0 N–H and O–H groups in total. The monoisotopic (exact) mass is 476 g/mol. The number of thiophene rings is 1. The minimum atomic E-state index is -0.482.